The lowest BCUT2D eigenvalue weighted by Gasteiger charge is -2.35. The Balaban J connectivity index is 1.44. The van der Waals surface area contributed by atoms with Gasteiger partial charge in [0.05, 0.1) is 6.61 Å². The van der Waals surface area contributed by atoms with Crippen molar-refractivity contribution in [1.29, 1.82) is 0 Å². The number of anilines is 2. The monoisotopic (exact) mass is 433 g/mol. The van der Waals surface area contributed by atoms with Crippen molar-refractivity contribution in [3.05, 3.63) is 54.6 Å². The first-order chi connectivity index (χ1) is 15.5. The number of carbonyl (C=O) groups is 1. The van der Waals surface area contributed by atoms with E-state index in [1.165, 1.54) is 6.42 Å². The van der Waals surface area contributed by atoms with E-state index < -0.39 is 0 Å². The normalized spacial score (nSPS) is 18.4. The molecule has 1 saturated heterocycles. The van der Waals surface area contributed by atoms with Crippen LogP contribution in [0.1, 0.15) is 27.2 Å². The van der Waals surface area contributed by atoms with E-state index in [9.17, 15) is 4.79 Å². The fourth-order valence-corrected chi connectivity index (χ4v) is 4.39. The van der Waals surface area contributed by atoms with Crippen molar-refractivity contribution in [1.82, 2.24) is 4.98 Å². The minimum Gasteiger partial charge on any atom is -0.494 e. The number of ether oxygens (including phenoxy) is 2. The van der Waals surface area contributed by atoms with Gasteiger partial charge in [0, 0.05) is 24.2 Å². The Morgan fingerprint density at radius 3 is 2.50 bits per heavy atom. The SMILES string of the molecule is CCOc1ccc(NC(=O)COc2cccc3ccc(N4CC(C)CC(C)C4)nc23)cc1. The summed E-state index contributed by atoms with van der Waals surface area (Å²) in [5.74, 6) is 3.43. The van der Waals surface area contributed by atoms with Crippen LogP contribution in [-0.4, -0.2) is 37.2 Å². The molecule has 0 aliphatic carbocycles. The van der Waals surface area contributed by atoms with Crippen molar-refractivity contribution >= 4 is 28.3 Å². The summed E-state index contributed by atoms with van der Waals surface area (Å²) in [6, 6.07) is 17.3. The molecule has 0 bridgehead atoms. The van der Waals surface area contributed by atoms with E-state index in [2.05, 4.69) is 36.2 Å². The summed E-state index contributed by atoms with van der Waals surface area (Å²) < 4.78 is 11.3. The molecule has 1 aromatic heterocycles. The van der Waals surface area contributed by atoms with E-state index >= 15 is 0 Å². The molecular formula is C26H31N3O3. The predicted octanol–water partition coefficient (Wildman–Crippen LogP) is 5.13. The van der Waals surface area contributed by atoms with Gasteiger partial charge in [0.1, 0.15) is 22.8 Å². The first-order valence-corrected chi connectivity index (χ1v) is 11.3. The molecule has 0 spiro atoms. The van der Waals surface area contributed by atoms with E-state index in [1.807, 2.05) is 49.4 Å². The topological polar surface area (TPSA) is 63.7 Å². The number of nitrogens with one attached hydrogen (secondary N) is 1. The molecule has 1 amide bonds. The minimum atomic E-state index is -0.221. The average Bonchev–Trinajstić information content (AvgIpc) is 2.78. The number of aromatic nitrogens is 1. The molecule has 1 fully saturated rings. The fourth-order valence-electron chi connectivity index (χ4n) is 4.39. The molecule has 2 unspecified atom stereocenters. The van der Waals surface area contributed by atoms with Crippen molar-refractivity contribution in [2.24, 2.45) is 11.8 Å². The molecule has 1 aliphatic heterocycles. The van der Waals surface area contributed by atoms with Gasteiger partial charge in [0.25, 0.3) is 5.91 Å². The number of hydrogen-bond donors (Lipinski definition) is 1. The number of piperidine rings is 1. The van der Waals surface area contributed by atoms with Gasteiger partial charge in [0.15, 0.2) is 6.61 Å². The number of carbonyl (C=O) groups excluding carboxylic acids is 1. The van der Waals surface area contributed by atoms with Crippen molar-refractivity contribution in [2.75, 3.05) is 36.5 Å². The third-order valence-electron chi connectivity index (χ3n) is 5.67. The molecule has 1 N–H and O–H groups in total. The van der Waals surface area contributed by atoms with E-state index in [-0.39, 0.29) is 12.5 Å². The van der Waals surface area contributed by atoms with Crippen LogP contribution >= 0.6 is 0 Å². The maximum Gasteiger partial charge on any atom is 0.262 e. The van der Waals surface area contributed by atoms with Crippen molar-refractivity contribution in [2.45, 2.75) is 27.2 Å². The largest absolute Gasteiger partial charge is 0.494 e. The number of nitrogens with zero attached hydrogens (tertiary/aromatic N) is 2. The predicted molar refractivity (Wildman–Crippen MR) is 129 cm³/mol. The fraction of sp³-hybridized carbons (Fsp3) is 0.385. The minimum absolute atomic E-state index is 0.0873. The maximum absolute atomic E-state index is 12.4. The van der Waals surface area contributed by atoms with E-state index in [1.54, 1.807) is 0 Å². The lowest BCUT2D eigenvalue weighted by molar-refractivity contribution is -0.118. The summed E-state index contributed by atoms with van der Waals surface area (Å²) >= 11 is 0. The molecule has 0 saturated carbocycles. The van der Waals surface area contributed by atoms with Crippen LogP contribution < -0.4 is 19.7 Å². The molecule has 1 aliphatic rings. The smallest absolute Gasteiger partial charge is 0.262 e. The van der Waals surface area contributed by atoms with Gasteiger partial charge in [-0.1, -0.05) is 26.0 Å². The average molecular weight is 434 g/mol. The number of hydrogen-bond acceptors (Lipinski definition) is 5. The van der Waals surface area contributed by atoms with Crippen molar-refractivity contribution in [3.63, 3.8) is 0 Å². The lowest BCUT2D eigenvalue weighted by Crippen LogP contribution is -2.39. The van der Waals surface area contributed by atoms with Crippen molar-refractivity contribution < 1.29 is 14.3 Å². The van der Waals surface area contributed by atoms with E-state index in [0.29, 0.717) is 29.9 Å². The zero-order valence-corrected chi connectivity index (χ0v) is 19.0. The maximum atomic E-state index is 12.4. The van der Waals surface area contributed by atoms with Gasteiger partial charge in [-0.15, -0.1) is 0 Å². The Labute approximate surface area is 189 Å². The second-order valence-corrected chi connectivity index (χ2v) is 8.64. The molecule has 3 aromatic rings. The molecule has 2 heterocycles. The molecule has 2 aromatic carbocycles. The van der Waals surface area contributed by atoms with Gasteiger partial charge < -0.3 is 19.7 Å². The number of benzene rings is 2. The second-order valence-electron chi connectivity index (χ2n) is 8.64. The number of pyridine rings is 1. The number of rotatable bonds is 7. The Morgan fingerprint density at radius 2 is 1.78 bits per heavy atom. The van der Waals surface area contributed by atoms with Gasteiger partial charge in [-0.3, -0.25) is 4.79 Å². The summed E-state index contributed by atoms with van der Waals surface area (Å²) in [4.78, 5) is 19.7. The van der Waals surface area contributed by atoms with Gasteiger partial charge in [-0.05, 0) is 67.6 Å². The second kappa shape index (κ2) is 9.90. The third-order valence-corrected chi connectivity index (χ3v) is 5.67. The van der Waals surface area contributed by atoms with Crippen LogP contribution in [-0.2, 0) is 4.79 Å². The van der Waals surface area contributed by atoms with Crippen LogP contribution in [0.2, 0.25) is 0 Å². The zero-order chi connectivity index (χ0) is 22.5. The van der Waals surface area contributed by atoms with Crippen LogP contribution in [0.15, 0.2) is 54.6 Å². The first kappa shape index (κ1) is 21.9. The van der Waals surface area contributed by atoms with Crippen LogP contribution in [0.25, 0.3) is 10.9 Å². The Morgan fingerprint density at radius 1 is 1.03 bits per heavy atom. The highest BCUT2D eigenvalue weighted by atomic mass is 16.5. The molecule has 0 radical (unpaired) electrons. The summed E-state index contributed by atoms with van der Waals surface area (Å²) in [5, 5.41) is 3.85. The van der Waals surface area contributed by atoms with Gasteiger partial charge in [-0.25, -0.2) is 4.98 Å². The third kappa shape index (κ3) is 5.31. The highest BCUT2D eigenvalue weighted by Gasteiger charge is 2.23. The highest BCUT2D eigenvalue weighted by Crippen LogP contribution is 2.30. The van der Waals surface area contributed by atoms with Crippen LogP contribution in [0.3, 0.4) is 0 Å². The van der Waals surface area contributed by atoms with Crippen LogP contribution in [0, 0.1) is 11.8 Å². The summed E-state index contributed by atoms with van der Waals surface area (Å²) in [5.41, 5.74) is 1.48. The van der Waals surface area contributed by atoms with Gasteiger partial charge in [-0.2, -0.15) is 0 Å². The first-order valence-electron chi connectivity index (χ1n) is 11.3. The standard InChI is InChI=1S/C26H31N3O3/c1-4-31-22-11-9-21(10-12-22)27-25(30)17-32-23-7-5-6-20-8-13-24(28-26(20)23)29-15-18(2)14-19(3)16-29/h5-13,18-19H,4,14-17H2,1-3H3,(H,27,30). The Hall–Kier alpha value is -3.28. The van der Waals surface area contributed by atoms with E-state index in [0.717, 1.165) is 35.6 Å². The van der Waals surface area contributed by atoms with Crippen LogP contribution in [0.5, 0.6) is 11.5 Å². The molecule has 168 valence electrons. The zero-order valence-electron chi connectivity index (χ0n) is 19.0. The quantitative estimate of drug-likeness (QED) is 0.559. The van der Waals surface area contributed by atoms with E-state index in [4.69, 9.17) is 14.5 Å². The molecule has 6 heteroatoms. The van der Waals surface area contributed by atoms with Gasteiger partial charge >= 0.3 is 0 Å². The number of para-hydroxylation sites is 1. The Kier molecular flexibility index (Phi) is 6.78. The number of amides is 1. The molecule has 6 nitrogen and oxygen atoms in total. The summed E-state index contributed by atoms with van der Waals surface area (Å²) in [6.45, 7) is 9.06. The Bertz CT molecular complexity index is 1060. The van der Waals surface area contributed by atoms with Crippen LogP contribution in [0.4, 0.5) is 11.5 Å². The summed E-state index contributed by atoms with van der Waals surface area (Å²) in [7, 11) is 0. The lowest BCUT2D eigenvalue weighted by atomic mass is 9.92. The molecule has 32 heavy (non-hydrogen) atoms. The van der Waals surface area contributed by atoms with Crippen molar-refractivity contribution in [3.8, 4) is 11.5 Å². The van der Waals surface area contributed by atoms with Gasteiger partial charge in [0.2, 0.25) is 0 Å². The molecule has 4 rings (SSSR count). The summed E-state index contributed by atoms with van der Waals surface area (Å²) in [6.07, 6.45) is 1.25. The molecule has 2 atom stereocenters. The molecular weight excluding hydrogens is 402 g/mol. The highest BCUT2D eigenvalue weighted by molar-refractivity contribution is 5.92. The number of fused-ring (bicyclic) bond motifs is 1.